The summed E-state index contributed by atoms with van der Waals surface area (Å²) in [5.41, 5.74) is -6.61. The van der Waals surface area contributed by atoms with Crippen molar-refractivity contribution in [2.24, 2.45) is 0 Å². The minimum Gasteiger partial charge on any atom is -0.497 e. The molecule has 0 spiro atoms. The van der Waals surface area contributed by atoms with Crippen molar-refractivity contribution in [3.05, 3.63) is 18.2 Å². The lowest BCUT2D eigenvalue weighted by Crippen LogP contribution is -2.42. The van der Waals surface area contributed by atoms with Gasteiger partial charge in [0.2, 0.25) is 0 Å². The molecule has 0 aliphatic carbocycles. The van der Waals surface area contributed by atoms with E-state index in [0.717, 1.165) is 0 Å². The maximum Gasteiger partial charge on any atom is 0.516 e. The standard InChI is InChI=1S/C16H23BF3NO5S/c1-7-21(27(22,23)16(18,19)20)11-8-9-13(24-6)12(10-11)17-25-14(2,3)15(4,5)26-17/h8-10H,7H2,1-6H3. The molecule has 0 amide bonds. The van der Waals surface area contributed by atoms with E-state index in [0.29, 0.717) is 15.5 Å². The Bertz CT molecular complexity index is 795. The van der Waals surface area contributed by atoms with Gasteiger partial charge in [-0.25, -0.2) is 0 Å². The van der Waals surface area contributed by atoms with E-state index in [2.05, 4.69) is 0 Å². The zero-order chi connectivity index (χ0) is 20.8. The zero-order valence-corrected chi connectivity index (χ0v) is 16.9. The molecule has 0 saturated carbocycles. The van der Waals surface area contributed by atoms with Gasteiger partial charge >= 0.3 is 22.7 Å². The van der Waals surface area contributed by atoms with Crippen LogP contribution in [0.1, 0.15) is 34.6 Å². The molecule has 1 aromatic rings. The van der Waals surface area contributed by atoms with Crippen molar-refractivity contribution < 1.29 is 35.6 Å². The van der Waals surface area contributed by atoms with Crippen LogP contribution in [-0.2, 0) is 19.3 Å². The first kappa shape index (κ1) is 21.8. The average Bonchev–Trinajstić information content (AvgIpc) is 2.74. The van der Waals surface area contributed by atoms with E-state index in [1.165, 1.54) is 32.2 Å². The van der Waals surface area contributed by atoms with Crippen molar-refractivity contribution in [3.8, 4) is 5.75 Å². The maximum atomic E-state index is 13.0. The lowest BCUT2D eigenvalue weighted by atomic mass is 9.78. The van der Waals surface area contributed by atoms with Gasteiger partial charge in [0.25, 0.3) is 0 Å². The smallest absolute Gasteiger partial charge is 0.497 e. The molecule has 27 heavy (non-hydrogen) atoms. The van der Waals surface area contributed by atoms with E-state index in [-0.39, 0.29) is 5.69 Å². The van der Waals surface area contributed by atoms with Gasteiger partial charge in [0.15, 0.2) is 0 Å². The van der Waals surface area contributed by atoms with Crippen LogP contribution in [-0.4, -0.2) is 45.9 Å². The van der Waals surface area contributed by atoms with Gasteiger partial charge in [0, 0.05) is 12.0 Å². The molecule has 0 bridgehead atoms. The number of ether oxygens (including phenoxy) is 1. The van der Waals surface area contributed by atoms with Crippen LogP contribution in [0, 0.1) is 0 Å². The molecule has 1 fully saturated rings. The lowest BCUT2D eigenvalue weighted by Gasteiger charge is -2.32. The largest absolute Gasteiger partial charge is 0.516 e. The van der Waals surface area contributed by atoms with Crippen molar-refractivity contribution in [1.82, 2.24) is 0 Å². The first-order chi connectivity index (χ1) is 12.2. The first-order valence-electron chi connectivity index (χ1n) is 8.30. The Morgan fingerprint density at radius 2 is 1.67 bits per heavy atom. The van der Waals surface area contributed by atoms with Crippen LogP contribution in [0.4, 0.5) is 18.9 Å². The van der Waals surface area contributed by atoms with E-state index in [4.69, 9.17) is 14.0 Å². The zero-order valence-electron chi connectivity index (χ0n) is 16.0. The van der Waals surface area contributed by atoms with Crippen molar-refractivity contribution in [2.75, 3.05) is 18.0 Å². The number of sulfonamides is 1. The summed E-state index contributed by atoms with van der Waals surface area (Å²) in [4.78, 5) is 0. The highest BCUT2D eigenvalue weighted by atomic mass is 32.2. The number of nitrogens with zero attached hydrogens (tertiary/aromatic N) is 1. The molecular weight excluding hydrogens is 386 g/mol. The SMILES string of the molecule is CCN(c1ccc(OC)c(B2OC(C)(C)C(C)(C)O2)c1)S(=O)(=O)C(F)(F)F. The van der Waals surface area contributed by atoms with Crippen LogP contribution in [0.2, 0.25) is 0 Å². The molecule has 1 aliphatic rings. The summed E-state index contributed by atoms with van der Waals surface area (Å²) in [6.07, 6.45) is 0. The van der Waals surface area contributed by atoms with E-state index in [1.807, 2.05) is 27.7 Å². The predicted molar refractivity (Wildman–Crippen MR) is 96.7 cm³/mol. The third kappa shape index (κ3) is 3.77. The number of hydrogen-bond donors (Lipinski definition) is 0. The van der Waals surface area contributed by atoms with E-state index >= 15 is 0 Å². The van der Waals surface area contributed by atoms with Crippen LogP contribution in [0.5, 0.6) is 5.75 Å². The number of halogens is 3. The maximum absolute atomic E-state index is 13.0. The Hall–Kier alpha value is -1.46. The second-order valence-electron chi connectivity index (χ2n) is 7.13. The second kappa shape index (κ2) is 6.86. The third-order valence-electron chi connectivity index (χ3n) is 4.88. The normalized spacial score (nSPS) is 19.2. The Labute approximate surface area is 157 Å². The Morgan fingerprint density at radius 1 is 1.15 bits per heavy atom. The van der Waals surface area contributed by atoms with Crippen LogP contribution < -0.4 is 14.5 Å². The molecule has 2 rings (SSSR count). The Kier molecular flexibility index (Phi) is 5.55. The highest BCUT2D eigenvalue weighted by molar-refractivity contribution is 7.93. The Balaban J connectivity index is 2.53. The van der Waals surface area contributed by atoms with Gasteiger partial charge in [0.05, 0.1) is 24.0 Å². The first-order valence-corrected chi connectivity index (χ1v) is 9.74. The topological polar surface area (TPSA) is 65.1 Å². The number of alkyl halides is 3. The summed E-state index contributed by atoms with van der Waals surface area (Å²) in [6.45, 7) is 8.25. The number of hydrogen-bond acceptors (Lipinski definition) is 5. The monoisotopic (exact) mass is 409 g/mol. The van der Waals surface area contributed by atoms with Gasteiger partial charge in [-0.3, -0.25) is 4.31 Å². The minimum absolute atomic E-state index is 0.152. The molecular formula is C16H23BF3NO5S. The molecule has 1 saturated heterocycles. The van der Waals surface area contributed by atoms with Crippen molar-refractivity contribution in [1.29, 1.82) is 0 Å². The molecule has 11 heteroatoms. The van der Waals surface area contributed by atoms with Crippen LogP contribution in [0.3, 0.4) is 0 Å². The fourth-order valence-electron chi connectivity index (χ4n) is 2.65. The van der Waals surface area contributed by atoms with Gasteiger partial charge < -0.3 is 14.0 Å². The number of methoxy groups -OCH3 is 1. The highest BCUT2D eigenvalue weighted by Crippen LogP contribution is 2.38. The molecule has 6 nitrogen and oxygen atoms in total. The van der Waals surface area contributed by atoms with E-state index in [9.17, 15) is 21.6 Å². The number of anilines is 1. The summed E-state index contributed by atoms with van der Waals surface area (Å²) in [5.74, 6) is 0.317. The molecule has 0 atom stereocenters. The molecule has 1 heterocycles. The molecule has 0 N–H and O–H groups in total. The van der Waals surface area contributed by atoms with E-state index < -0.39 is 40.4 Å². The Morgan fingerprint density at radius 3 is 2.07 bits per heavy atom. The summed E-state index contributed by atoms with van der Waals surface area (Å²) in [7, 11) is -5.06. The molecule has 152 valence electrons. The van der Waals surface area contributed by atoms with Crippen molar-refractivity contribution in [2.45, 2.75) is 51.3 Å². The third-order valence-corrected chi connectivity index (χ3v) is 6.51. The van der Waals surface area contributed by atoms with Gasteiger partial charge in [0.1, 0.15) is 5.75 Å². The molecule has 0 aromatic heterocycles. The van der Waals surface area contributed by atoms with Crippen molar-refractivity contribution >= 4 is 28.3 Å². The lowest BCUT2D eigenvalue weighted by molar-refractivity contribution is -0.0438. The predicted octanol–water partition coefficient (Wildman–Crippen LogP) is 2.67. The quantitative estimate of drug-likeness (QED) is 0.700. The van der Waals surface area contributed by atoms with E-state index in [1.54, 1.807) is 0 Å². The summed E-state index contributed by atoms with van der Waals surface area (Å²) >= 11 is 0. The van der Waals surface area contributed by atoms with Crippen LogP contribution >= 0.6 is 0 Å². The summed E-state index contributed by atoms with van der Waals surface area (Å²) < 4.78 is 80.2. The van der Waals surface area contributed by atoms with Gasteiger partial charge in [-0.15, -0.1) is 0 Å². The van der Waals surface area contributed by atoms with Crippen LogP contribution in [0.25, 0.3) is 0 Å². The number of rotatable bonds is 5. The van der Waals surface area contributed by atoms with Crippen LogP contribution in [0.15, 0.2) is 18.2 Å². The highest BCUT2D eigenvalue weighted by Gasteiger charge is 2.53. The molecule has 0 radical (unpaired) electrons. The molecule has 1 aliphatic heterocycles. The number of benzene rings is 1. The second-order valence-corrected chi connectivity index (χ2v) is 8.98. The van der Waals surface area contributed by atoms with Gasteiger partial charge in [-0.05, 0) is 52.8 Å². The van der Waals surface area contributed by atoms with Gasteiger partial charge in [-0.1, -0.05) is 0 Å². The minimum atomic E-state index is -5.54. The fraction of sp³-hybridized carbons (Fsp3) is 0.625. The fourth-order valence-corrected chi connectivity index (χ4v) is 3.63. The summed E-state index contributed by atoms with van der Waals surface area (Å²) in [6, 6.07) is 3.93. The van der Waals surface area contributed by atoms with Gasteiger partial charge in [-0.2, -0.15) is 21.6 Å². The molecule has 1 aromatic carbocycles. The van der Waals surface area contributed by atoms with Crippen molar-refractivity contribution in [3.63, 3.8) is 0 Å². The average molecular weight is 409 g/mol. The molecule has 0 unspecified atom stereocenters. The summed E-state index contributed by atoms with van der Waals surface area (Å²) in [5, 5.41) is 0.